The molecule has 0 spiro atoms. The topological polar surface area (TPSA) is 67.0 Å². The van der Waals surface area contributed by atoms with Gasteiger partial charge in [0.2, 0.25) is 0 Å². The summed E-state index contributed by atoms with van der Waals surface area (Å²) in [6, 6.07) is 15.0. The van der Waals surface area contributed by atoms with Gasteiger partial charge in [0.05, 0.1) is 12.8 Å². The van der Waals surface area contributed by atoms with Gasteiger partial charge in [0.1, 0.15) is 17.3 Å². The number of halogens is 1. The second-order valence-electron chi connectivity index (χ2n) is 5.17. The summed E-state index contributed by atoms with van der Waals surface area (Å²) in [6.45, 7) is 0.341. The summed E-state index contributed by atoms with van der Waals surface area (Å²) < 4.78 is 18.2. The van der Waals surface area contributed by atoms with Gasteiger partial charge in [0.15, 0.2) is 0 Å². The normalized spacial score (nSPS) is 10.4. The molecular weight excluding hydrogens is 309 g/mol. The molecule has 1 amide bonds. The number of aromatic amines is 1. The molecule has 0 aliphatic rings. The van der Waals surface area contributed by atoms with Crippen LogP contribution in [0.3, 0.4) is 0 Å². The summed E-state index contributed by atoms with van der Waals surface area (Å²) in [5.41, 5.74) is 2.53. The van der Waals surface area contributed by atoms with Crippen molar-refractivity contribution in [1.82, 2.24) is 15.5 Å². The molecule has 0 radical (unpaired) electrons. The van der Waals surface area contributed by atoms with E-state index < -0.39 is 0 Å². The SMILES string of the molecule is COc1ccccc1CNC(=O)c1cc(-c2ccc(F)cc2)n[nH]1. The van der Waals surface area contributed by atoms with E-state index in [1.807, 2.05) is 24.3 Å². The molecule has 1 aromatic heterocycles. The lowest BCUT2D eigenvalue weighted by Crippen LogP contribution is -2.23. The Balaban J connectivity index is 1.69. The molecular formula is C18H16FN3O2. The van der Waals surface area contributed by atoms with E-state index in [0.29, 0.717) is 17.9 Å². The minimum Gasteiger partial charge on any atom is -0.496 e. The minimum atomic E-state index is -0.316. The Hall–Kier alpha value is -3.15. The molecule has 2 aromatic carbocycles. The number of para-hydroxylation sites is 1. The molecule has 0 aliphatic carbocycles. The monoisotopic (exact) mass is 325 g/mol. The second kappa shape index (κ2) is 6.95. The van der Waals surface area contributed by atoms with E-state index in [4.69, 9.17) is 4.74 Å². The number of benzene rings is 2. The first-order valence-electron chi connectivity index (χ1n) is 7.39. The Morgan fingerprint density at radius 2 is 1.96 bits per heavy atom. The standard InChI is InChI=1S/C18H16FN3O2/c1-24-17-5-3-2-4-13(17)11-20-18(23)16-10-15(21-22-16)12-6-8-14(19)9-7-12/h2-10H,11H2,1H3,(H,20,23)(H,21,22). The predicted octanol–water partition coefficient (Wildman–Crippen LogP) is 3.15. The van der Waals surface area contributed by atoms with Gasteiger partial charge >= 0.3 is 0 Å². The molecule has 0 saturated carbocycles. The van der Waals surface area contributed by atoms with Crippen LogP contribution in [0.25, 0.3) is 11.3 Å². The van der Waals surface area contributed by atoms with Crippen molar-refractivity contribution < 1.29 is 13.9 Å². The van der Waals surface area contributed by atoms with Crippen LogP contribution in [0.2, 0.25) is 0 Å². The second-order valence-corrected chi connectivity index (χ2v) is 5.17. The van der Waals surface area contributed by atoms with E-state index in [0.717, 1.165) is 16.9 Å². The Bertz CT molecular complexity index is 843. The van der Waals surface area contributed by atoms with Crippen molar-refractivity contribution in [2.24, 2.45) is 0 Å². The van der Waals surface area contributed by atoms with E-state index in [1.54, 1.807) is 25.3 Å². The van der Waals surface area contributed by atoms with E-state index in [2.05, 4.69) is 15.5 Å². The van der Waals surface area contributed by atoms with Crippen LogP contribution in [0.4, 0.5) is 4.39 Å². The van der Waals surface area contributed by atoms with E-state index in [9.17, 15) is 9.18 Å². The number of methoxy groups -OCH3 is 1. The number of carbonyl (C=O) groups excluding carboxylic acids is 1. The Morgan fingerprint density at radius 1 is 1.21 bits per heavy atom. The molecule has 0 bridgehead atoms. The highest BCUT2D eigenvalue weighted by atomic mass is 19.1. The van der Waals surface area contributed by atoms with Gasteiger partial charge < -0.3 is 10.1 Å². The van der Waals surface area contributed by atoms with Crippen LogP contribution < -0.4 is 10.1 Å². The van der Waals surface area contributed by atoms with Gasteiger partial charge in [0, 0.05) is 17.7 Å². The number of amides is 1. The summed E-state index contributed by atoms with van der Waals surface area (Å²) in [4.78, 5) is 12.2. The zero-order valence-corrected chi connectivity index (χ0v) is 13.0. The zero-order chi connectivity index (χ0) is 16.9. The lowest BCUT2D eigenvalue weighted by Gasteiger charge is -2.08. The number of H-pyrrole nitrogens is 1. The molecule has 3 rings (SSSR count). The molecule has 0 fully saturated rings. The van der Waals surface area contributed by atoms with Crippen LogP contribution >= 0.6 is 0 Å². The number of nitrogens with one attached hydrogen (secondary N) is 2. The van der Waals surface area contributed by atoms with E-state index in [-0.39, 0.29) is 11.7 Å². The summed E-state index contributed by atoms with van der Waals surface area (Å²) in [7, 11) is 1.59. The molecule has 2 N–H and O–H groups in total. The number of ether oxygens (including phenoxy) is 1. The van der Waals surface area contributed by atoms with Crippen LogP contribution in [0.5, 0.6) is 5.75 Å². The summed E-state index contributed by atoms with van der Waals surface area (Å²) in [5.74, 6) is 0.125. The van der Waals surface area contributed by atoms with E-state index >= 15 is 0 Å². The third-order valence-corrected chi connectivity index (χ3v) is 3.59. The molecule has 122 valence electrons. The molecule has 3 aromatic rings. The minimum absolute atomic E-state index is 0.276. The maximum Gasteiger partial charge on any atom is 0.269 e. The number of hydrogen-bond donors (Lipinski definition) is 2. The average molecular weight is 325 g/mol. The maximum absolute atomic E-state index is 13.0. The van der Waals surface area contributed by atoms with Gasteiger partial charge in [-0.1, -0.05) is 18.2 Å². The fourth-order valence-corrected chi connectivity index (χ4v) is 2.33. The highest BCUT2D eigenvalue weighted by Crippen LogP contribution is 2.19. The van der Waals surface area contributed by atoms with Crippen LogP contribution in [-0.2, 0) is 6.54 Å². The molecule has 1 heterocycles. The largest absolute Gasteiger partial charge is 0.496 e. The van der Waals surface area contributed by atoms with Gasteiger partial charge in [-0.15, -0.1) is 0 Å². The van der Waals surface area contributed by atoms with Gasteiger partial charge in [-0.3, -0.25) is 9.89 Å². The highest BCUT2D eigenvalue weighted by Gasteiger charge is 2.12. The van der Waals surface area contributed by atoms with E-state index in [1.165, 1.54) is 12.1 Å². The van der Waals surface area contributed by atoms with Crippen molar-refractivity contribution in [2.45, 2.75) is 6.54 Å². The van der Waals surface area contributed by atoms with Crippen LogP contribution in [0, 0.1) is 5.82 Å². The number of rotatable bonds is 5. The van der Waals surface area contributed by atoms with Gasteiger partial charge in [-0.2, -0.15) is 5.10 Å². The number of aromatic nitrogens is 2. The molecule has 0 saturated heterocycles. The van der Waals surface area contributed by atoms with Gasteiger partial charge in [0.25, 0.3) is 5.91 Å². The molecule has 0 unspecified atom stereocenters. The first kappa shape index (κ1) is 15.7. The third-order valence-electron chi connectivity index (χ3n) is 3.59. The lowest BCUT2D eigenvalue weighted by atomic mass is 10.1. The van der Waals surface area contributed by atoms with Gasteiger partial charge in [-0.05, 0) is 36.4 Å². The van der Waals surface area contributed by atoms with Crippen molar-refractivity contribution in [3.05, 3.63) is 71.7 Å². The third kappa shape index (κ3) is 3.43. The number of carbonyl (C=O) groups is 1. The summed E-state index contributed by atoms with van der Waals surface area (Å²) in [5, 5.41) is 9.60. The van der Waals surface area contributed by atoms with Crippen molar-refractivity contribution in [2.75, 3.05) is 7.11 Å². The maximum atomic E-state index is 13.0. The first-order valence-corrected chi connectivity index (χ1v) is 7.39. The fourth-order valence-electron chi connectivity index (χ4n) is 2.33. The predicted molar refractivity (Wildman–Crippen MR) is 88.1 cm³/mol. The van der Waals surface area contributed by atoms with Crippen molar-refractivity contribution in [3.63, 3.8) is 0 Å². The average Bonchev–Trinajstić information content (AvgIpc) is 3.10. The van der Waals surface area contributed by atoms with Crippen molar-refractivity contribution in [3.8, 4) is 17.0 Å². The Kier molecular flexibility index (Phi) is 4.56. The first-order chi connectivity index (χ1) is 11.7. The molecule has 0 atom stereocenters. The molecule has 6 heteroatoms. The van der Waals surface area contributed by atoms with Crippen molar-refractivity contribution in [1.29, 1.82) is 0 Å². The Labute approximate surface area is 138 Å². The van der Waals surface area contributed by atoms with Crippen molar-refractivity contribution >= 4 is 5.91 Å². The lowest BCUT2D eigenvalue weighted by molar-refractivity contribution is 0.0945. The summed E-state index contributed by atoms with van der Waals surface area (Å²) in [6.07, 6.45) is 0. The van der Waals surface area contributed by atoms with Gasteiger partial charge in [-0.25, -0.2) is 4.39 Å². The van der Waals surface area contributed by atoms with Crippen LogP contribution in [-0.4, -0.2) is 23.2 Å². The quantitative estimate of drug-likeness (QED) is 0.757. The molecule has 5 nitrogen and oxygen atoms in total. The number of hydrogen-bond acceptors (Lipinski definition) is 3. The molecule has 24 heavy (non-hydrogen) atoms. The number of nitrogens with zero attached hydrogens (tertiary/aromatic N) is 1. The highest BCUT2D eigenvalue weighted by molar-refractivity contribution is 5.93. The van der Waals surface area contributed by atoms with Crippen LogP contribution in [0.15, 0.2) is 54.6 Å². The fraction of sp³-hybridized carbons (Fsp3) is 0.111. The summed E-state index contributed by atoms with van der Waals surface area (Å²) >= 11 is 0. The van der Waals surface area contributed by atoms with Crippen LogP contribution in [0.1, 0.15) is 16.1 Å². The smallest absolute Gasteiger partial charge is 0.269 e. The molecule has 0 aliphatic heterocycles. The Morgan fingerprint density at radius 3 is 2.71 bits per heavy atom. The zero-order valence-electron chi connectivity index (χ0n) is 13.0.